The molecule has 0 spiro atoms. The molecule has 1 aliphatic rings. The Hall–Kier alpha value is -2.38. The van der Waals surface area contributed by atoms with E-state index in [0.717, 1.165) is 30.7 Å². The Bertz CT molecular complexity index is 798. The summed E-state index contributed by atoms with van der Waals surface area (Å²) in [6, 6.07) is 6.16. The molecule has 0 heterocycles. The number of phenolic OH excluding ortho intramolecular Hbond substituents is 2. The maximum Gasteiger partial charge on any atom is 0.419 e. The molecule has 1 saturated carbocycles. The molecule has 2 aromatic rings. The number of rotatable bonds is 2. The highest BCUT2D eigenvalue weighted by Gasteiger charge is 2.42. The number of halogens is 6. The third kappa shape index (κ3) is 3.64. The SMILES string of the molecule is Oc1ccc(C2(c3ccc(O)c(C(F)(F)F)c3)CCCCC2)cc1C(F)(F)F. The molecule has 0 bridgehead atoms. The third-order valence-corrected chi connectivity index (χ3v) is 5.42. The van der Waals surface area contributed by atoms with Crippen molar-refractivity contribution in [2.45, 2.75) is 49.9 Å². The second-order valence-corrected chi connectivity index (χ2v) is 7.10. The van der Waals surface area contributed by atoms with Gasteiger partial charge in [-0.25, -0.2) is 0 Å². The van der Waals surface area contributed by atoms with Gasteiger partial charge in [0, 0.05) is 5.41 Å². The van der Waals surface area contributed by atoms with E-state index in [0.29, 0.717) is 25.7 Å². The van der Waals surface area contributed by atoms with Crippen LogP contribution in [-0.2, 0) is 17.8 Å². The summed E-state index contributed by atoms with van der Waals surface area (Å²) in [4.78, 5) is 0. The summed E-state index contributed by atoms with van der Waals surface area (Å²) in [6.07, 6.45) is -6.72. The average Bonchev–Trinajstić information content (AvgIpc) is 2.61. The van der Waals surface area contributed by atoms with Crippen molar-refractivity contribution in [3.8, 4) is 11.5 Å². The minimum atomic E-state index is -4.79. The van der Waals surface area contributed by atoms with Gasteiger partial charge in [-0.15, -0.1) is 0 Å². The average molecular weight is 404 g/mol. The summed E-state index contributed by atoms with van der Waals surface area (Å²) in [7, 11) is 0. The van der Waals surface area contributed by atoms with E-state index in [9.17, 15) is 36.6 Å². The summed E-state index contributed by atoms with van der Waals surface area (Å²) in [6.45, 7) is 0. The van der Waals surface area contributed by atoms with E-state index in [-0.39, 0.29) is 11.1 Å². The zero-order chi connectivity index (χ0) is 20.7. The van der Waals surface area contributed by atoms with Crippen LogP contribution < -0.4 is 0 Å². The van der Waals surface area contributed by atoms with Crippen LogP contribution in [0, 0.1) is 0 Å². The second-order valence-electron chi connectivity index (χ2n) is 7.10. The van der Waals surface area contributed by atoms with Gasteiger partial charge in [-0.1, -0.05) is 31.4 Å². The highest BCUT2D eigenvalue weighted by molar-refractivity contribution is 5.49. The summed E-state index contributed by atoms with van der Waals surface area (Å²) in [5.41, 5.74) is -3.08. The Labute approximate surface area is 157 Å². The van der Waals surface area contributed by atoms with Gasteiger partial charge in [-0.05, 0) is 48.2 Å². The summed E-state index contributed by atoms with van der Waals surface area (Å²) < 4.78 is 79.5. The Balaban J connectivity index is 2.21. The van der Waals surface area contributed by atoms with E-state index in [1.54, 1.807) is 0 Å². The first kappa shape index (κ1) is 20.4. The van der Waals surface area contributed by atoms with Gasteiger partial charge in [0.2, 0.25) is 0 Å². The third-order valence-electron chi connectivity index (χ3n) is 5.42. The lowest BCUT2D eigenvalue weighted by atomic mass is 9.65. The van der Waals surface area contributed by atoms with E-state index in [4.69, 9.17) is 0 Å². The highest BCUT2D eigenvalue weighted by Crippen LogP contribution is 2.49. The largest absolute Gasteiger partial charge is 0.507 e. The van der Waals surface area contributed by atoms with Crippen LogP contribution in [0.1, 0.15) is 54.4 Å². The van der Waals surface area contributed by atoms with Crippen LogP contribution in [0.2, 0.25) is 0 Å². The van der Waals surface area contributed by atoms with E-state index in [2.05, 4.69) is 0 Å². The maximum atomic E-state index is 13.3. The number of hydrogen-bond donors (Lipinski definition) is 2. The Morgan fingerprint density at radius 1 is 0.643 bits per heavy atom. The topological polar surface area (TPSA) is 40.5 Å². The number of benzene rings is 2. The van der Waals surface area contributed by atoms with Crippen LogP contribution >= 0.6 is 0 Å². The van der Waals surface area contributed by atoms with E-state index in [1.807, 2.05) is 0 Å². The summed E-state index contributed by atoms with van der Waals surface area (Å²) in [5.74, 6) is -1.85. The molecule has 0 unspecified atom stereocenters. The smallest absolute Gasteiger partial charge is 0.419 e. The minimum Gasteiger partial charge on any atom is -0.507 e. The van der Waals surface area contributed by atoms with Crippen LogP contribution in [0.15, 0.2) is 36.4 Å². The van der Waals surface area contributed by atoms with Gasteiger partial charge >= 0.3 is 12.4 Å². The van der Waals surface area contributed by atoms with Crippen LogP contribution in [0.25, 0.3) is 0 Å². The van der Waals surface area contributed by atoms with Crippen molar-refractivity contribution < 1.29 is 36.6 Å². The van der Waals surface area contributed by atoms with Crippen molar-refractivity contribution in [1.82, 2.24) is 0 Å². The fourth-order valence-electron chi connectivity index (χ4n) is 4.02. The van der Waals surface area contributed by atoms with E-state index < -0.39 is 40.4 Å². The number of hydrogen-bond acceptors (Lipinski definition) is 2. The molecule has 0 aromatic heterocycles. The zero-order valence-electron chi connectivity index (χ0n) is 14.7. The highest BCUT2D eigenvalue weighted by atomic mass is 19.4. The van der Waals surface area contributed by atoms with Gasteiger partial charge in [0.05, 0.1) is 11.1 Å². The number of alkyl halides is 6. The van der Waals surface area contributed by atoms with Crippen molar-refractivity contribution in [3.05, 3.63) is 58.7 Å². The van der Waals surface area contributed by atoms with E-state index >= 15 is 0 Å². The Kier molecular flexibility index (Phi) is 5.02. The minimum absolute atomic E-state index is 0.205. The molecule has 0 aliphatic heterocycles. The molecule has 8 heteroatoms. The molecule has 2 N–H and O–H groups in total. The van der Waals surface area contributed by atoms with Crippen molar-refractivity contribution in [1.29, 1.82) is 0 Å². The molecule has 1 fully saturated rings. The maximum absolute atomic E-state index is 13.3. The van der Waals surface area contributed by atoms with Crippen molar-refractivity contribution in [2.75, 3.05) is 0 Å². The molecule has 0 atom stereocenters. The van der Waals surface area contributed by atoms with Crippen LogP contribution in [0.5, 0.6) is 11.5 Å². The predicted octanol–water partition coefficient (Wildman–Crippen LogP) is 6.39. The van der Waals surface area contributed by atoms with Gasteiger partial charge in [0.15, 0.2) is 0 Å². The molecular weight excluding hydrogens is 386 g/mol. The van der Waals surface area contributed by atoms with Gasteiger partial charge in [-0.2, -0.15) is 26.3 Å². The van der Waals surface area contributed by atoms with Crippen LogP contribution in [-0.4, -0.2) is 10.2 Å². The molecule has 1 aliphatic carbocycles. The molecule has 0 amide bonds. The first-order valence-corrected chi connectivity index (χ1v) is 8.76. The fraction of sp³-hybridized carbons (Fsp3) is 0.400. The van der Waals surface area contributed by atoms with Crippen molar-refractivity contribution in [2.24, 2.45) is 0 Å². The normalized spacial score (nSPS) is 17.5. The Morgan fingerprint density at radius 2 is 1.04 bits per heavy atom. The number of aromatic hydroxyl groups is 2. The second kappa shape index (κ2) is 6.90. The quantitative estimate of drug-likeness (QED) is 0.570. The lowest BCUT2D eigenvalue weighted by Gasteiger charge is -2.39. The van der Waals surface area contributed by atoms with Gasteiger partial charge in [0.1, 0.15) is 11.5 Å². The molecule has 0 radical (unpaired) electrons. The van der Waals surface area contributed by atoms with Gasteiger partial charge in [0.25, 0.3) is 0 Å². The molecule has 152 valence electrons. The zero-order valence-corrected chi connectivity index (χ0v) is 14.7. The van der Waals surface area contributed by atoms with Crippen molar-refractivity contribution in [3.63, 3.8) is 0 Å². The fourth-order valence-corrected chi connectivity index (χ4v) is 4.02. The lowest BCUT2D eigenvalue weighted by molar-refractivity contribution is -0.139. The predicted molar refractivity (Wildman–Crippen MR) is 90.1 cm³/mol. The Morgan fingerprint density at radius 3 is 1.39 bits per heavy atom. The summed E-state index contributed by atoms with van der Waals surface area (Å²) in [5, 5.41) is 19.2. The first-order valence-electron chi connectivity index (χ1n) is 8.76. The standard InChI is InChI=1S/C20H18F6O2/c21-19(22,23)14-10-12(4-6-16(14)27)18(8-2-1-3-9-18)13-5-7-17(28)15(11-13)20(24,25)26/h4-7,10-11,27-28H,1-3,8-9H2. The molecular formula is C20H18F6O2. The summed E-state index contributed by atoms with van der Waals surface area (Å²) >= 11 is 0. The van der Waals surface area contributed by atoms with Crippen molar-refractivity contribution >= 4 is 0 Å². The van der Waals surface area contributed by atoms with Gasteiger partial charge < -0.3 is 10.2 Å². The molecule has 2 nitrogen and oxygen atoms in total. The number of phenols is 2. The molecule has 2 aromatic carbocycles. The van der Waals surface area contributed by atoms with Crippen LogP contribution in [0.3, 0.4) is 0 Å². The van der Waals surface area contributed by atoms with Crippen LogP contribution in [0.4, 0.5) is 26.3 Å². The molecule has 28 heavy (non-hydrogen) atoms. The first-order chi connectivity index (χ1) is 12.9. The molecule has 3 rings (SSSR count). The van der Waals surface area contributed by atoms with E-state index in [1.165, 1.54) is 12.1 Å². The monoisotopic (exact) mass is 404 g/mol. The lowest BCUT2D eigenvalue weighted by Crippen LogP contribution is -2.31. The van der Waals surface area contributed by atoms with Gasteiger partial charge in [-0.3, -0.25) is 0 Å². The molecule has 0 saturated heterocycles.